The van der Waals surface area contributed by atoms with Crippen molar-refractivity contribution in [1.82, 2.24) is 9.88 Å². The topological polar surface area (TPSA) is 92.1 Å². The molecule has 1 saturated heterocycles. The SMILES string of the molecule is COc1cc(-c2ccc(C3CCc4ccc([C@H](O)[C@H](C)C(=O)O)cc4O3)c(CN3CCCC3)c2)c(F)cn1. The molecule has 2 aromatic carbocycles. The van der Waals surface area contributed by atoms with Crippen LogP contribution in [0.3, 0.4) is 0 Å². The van der Waals surface area contributed by atoms with Crippen LogP contribution in [0, 0.1) is 11.7 Å². The number of hydrogen-bond acceptors (Lipinski definition) is 6. The van der Waals surface area contributed by atoms with Gasteiger partial charge >= 0.3 is 5.97 Å². The van der Waals surface area contributed by atoms with Crippen molar-refractivity contribution in [3.63, 3.8) is 0 Å². The number of hydrogen-bond donors (Lipinski definition) is 2. The molecule has 3 aromatic rings. The van der Waals surface area contributed by atoms with E-state index in [1.165, 1.54) is 33.1 Å². The van der Waals surface area contributed by atoms with Gasteiger partial charge in [0.15, 0.2) is 0 Å². The molecule has 2 aliphatic rings. The molecular weight excluding hydrogens is 487 g/mol. The fourth-order valence-corrected chi connectivity index (χ4v) is 5.37. The summed E-state index contributed by atoms with van der Waals surface area (Å²) in [6, 6.07) is 13.0. The van der Waals surface area contributed by atoms with E-state index in [1.54, 1.807) is 18.2 Å². The van der Waals surface area contributed by atoms with Crippen molar-refractivity contribution < 1.29 is 28.9 Å². The van der Waals surface area contributed by atoms with Crippen LogP contribution in [-0.4, -0.2) is 46.3 Å². The summed E-state index contributed by atoms with van der Waals surface area (Å²) < 4.78 is 26.4. The van der Waals surface area contributed by atoms with E-state index < -0.39 is 23.8 Å². The first-order valence-electron chi connectivity index (χ1n) is 13.1. The molecule has 0 aliphatic carbocycles. The number of aromatic nitrogens is 1. The molecule has 5 rings (SSSR count). The summed E-state index contributed by atoms with van der Waals surface area (Å²) in [6.45, 7) is 4.29. The number of aliphatic carboxylic acids is 1. The summed E-state index contributed by atoms with van der Waals surface area (Å²) in [5, 5.41) is 19.9. The summed E-state index contributed by atoms with van der Waals surface area (Å²) in [5.41, 5.74) is 4.89. The zero-order chi connectivity index (χ0) is 26.8. The highest BCUT2D eigenvalue weighted by molar-refractivity contribution is 5.70. The van der Waals surface area contributed by atoms with Crippen LogP contribution >= 0.6 is 0 Å². The standard InChI is InChI=1S/C30H33FN2O5/c1-18(30(35)36)29(34)21-6-5-19-8-10-26(38-27(19)14-21)23-9-7-20(13-22(23)17-33-11-3-4-12-33)24-15-28(37-2)32-16-25(24)31/h5-7,9,13-16,18,26,29,34H,3-4,8,10-12,17H2,1-2H3,(H,35,36)/t18-,26?,29+/m0/s1. The summed E-state index contributed by atoms with van der Waals surface area (Å²) in [6.07, 6.45) is 3.75. The maximum Gasteiger partial charge on any atom is 0.309 e. The minimum Gasteiger partial charge on any atom is -0.485 e. The number of aryl methyl sites for hydroxylation is 1. The van der Waals surface area contributed by atoms with Crippen molar-refractivity contribution >= 4 is 5.97 Å². The zero-order valence-corrected chi connectivity index (χ0v) is 21.7. The van der Waals surface area contributed by atoms with Gasteiger partial charge in [0, 0.05) is 18.2 Å². The third-order valence-corrected chi connectivity index (χ3v) is 7.67. The molecule has 3 atom stereocenters. The highest BCUT2D eigenvalue weighted by Crippen LogP contribution is 2.40. The molecule has 1 aromatic heterocycles. The Labute approximate surface area is 221 Å². The molecular formula is C30H33FN2O5. The second-order valence-corrected chi connectivity index (χ2v) is 10.2. The van der Waals surface area contributed by atoms with Crippen molar-refractivity contribution in [3.8, 4) is 22.8 Å². The average molecular weight is 521 g/mol. The van der Waals surface area contributed by atoms with E-state index in [0.717, 1.165) is 54.7 Å². The number of likely N-dealkylation sites (tertiary alicyclic amines) is 1. The molecule has 3 heterocycles. The maximum atomic E-state index is 14.7. The van der Waals surface area contributed by atoms with Gasteiger partial charge in [-0.1, -0.05) is 24.3 Å². The summed E-state index contributed by atoms with van der Waals surface area (Å²) in [7, 11) is 1.51. The van der Waals surface area contributed by atoms with Gasteiger partial charge in [-0.05, 0) is 85.6 Å². The van der Waals surface area contributed by atoms with Crippen LogP contribution in [0.5, 0.6) is 11.6 Å². The van der Waals surface area contributed by atoms with Gasteiger partial charge < -0.3 is 19.7 Å². The molecule has 7 nitrogen and oxygen atoms in total. The molecule has 38 heavy (non-hydrogen) atoms. The quantitative estimate of drug-likeness (QED) is 0.416. The van der Waals surface area contributed by atoms with Crippen LogP contribution in [-0.2, 0) is 17.8 Å². The van der Waals surface area contributed by atoms with E-state index in [2.05, 4.69) is 9.88 Å². The Bertz CT molecular complexity index is 1320. The fourth-order valence-electron chi connectivity index (χ4n) is 5.37. The number of ether oxygens (including phenoxy) is 2. The van der Waals surface area contributed by atoms with E-state index in [9.17, 15) is 19.4 Å². The Hall–Kier alpha value is -3.49. The van der Waals surface area contributed by atoms with Gasteiger partial charge in [0.05, 0.1) is 25.3 Å². The molecule has 2 aliphatic heterocycles. The lowest BCUT2D eigenvalue weighted by atomic mass is 9.90. The van der Waals surface area contributed by atoms with E-state index in [-0.39, 0.29) is 6.10 Å². The van der Waals surface area contributed by atoms with Gasteiger partial charge in [-0.15, -0.1) is 0 Å². The number of rotatable bonds is 8. The molecule has 0 bridgehead atoms. The summed E-state index contributed by atoms with van der Waals surface area (Å²) in [5.74, 6) is -1.37. The predicted octanol–water partition coefficient (Wildman–Crippen LogP) is 5.31. The van der Waals surface area contributed by atoms with Crippen molar-refractivity contribution in [2.45, 2.75) is 51.4 Å². The number of halogens is 1. The zero-order valence-electron chi connectivity index (χ0n) is 21.7. The van der Waals surface area contributed by atoms with Gasteiger partial charge in [-0.2, -0.15) is 0 Å². The fraction of sp³-hybridized carbons (Fsp3) is 0.400. The van der Waals surface area contributed by atoms with E-state index >= 15 is 0 Å². The minimum absolute atomic E-state index is 0.213. The van der Waals surface area contributed by atoms with Crippen molar-refractivity contribution in [2.75, 3.05) is 20.2 Å². The van der Waals surface area contributed by atoms with Crippen molar-refractivity contribution in [1.29, 1.82) is 0 Å². The summed E-state index contributed by atoms with van der Waals surface area (Å²) >= 11 is 0. The first kappa shape index (κ1) is 26.1. The molecule has 1 fully saturated rings. The highest BCUT2D eigenvalue weighted by Gasteiger charge is 2.28. The third kappa shape index (κ3) is 5.37. The van der Waals surface area contributed by atoms with Crippen LogP contribution in [0.4, 0.5) is 4.39 Å². The second kappa shape index (κ2) is 11.1. The van der Waals surface area contributed by atoms with Crippen LogP contribution in [0.25, 0.3) is 11.1 Å². The normalized spacial score (nSPS) is 18.9. The van der Waals surface area contributed by atoms with Crippen LogP contribution in [0.2, 0.25) is 0 Å². The Morgan fingerprint density at radius 1 is 1.21 bits per heavy atom. The van der Waals surface area contributed by atoms with Crippen molar-refractivity contribution in [3.05, 3.63) is 76.7 Å². The lowest BCUT2D eigenvalue weighted by Crippen LogP contribution is -2.23. The molecule has 0 radical (unpaired) electrons. The number of carbonyl (C=O) groups is 1. The van der Waals surface area contributed by atoms with Gasteiger partial charge in [0.25, 0.3) is 0 Å². The largest absolute Gasteiger partial charge is 0.485 e. The molecule has 8 heteroatoms. The van der Waals surface area contributed by atoms with Gasteiger partial charge in [0.1, 0.15) is 17.7 Å². The first-order chi connectivity index (χ1) is 18.3. The highest BCUT2D eigenvalue weighted by atomic mass is 19.1. The van der Waals surface area contributed by atoms with Crippen LogP contribution in [0.1, 0.15) is 60.6 Å². The van der Waals surface area contributed by atoms with Gasteiger partial charge in [-0.25, -0.2) is 9.37 Å². The number of benzene rings is 2. The molecule has 0 amide bonds. The number of fused-ring (bicyclic) bond motifs is 1. The molecule has 0 spiro atoms. The van der Waals surface area contributed by atoms with Gasteiger partial charge in [-0.3, -0.25) is 9.69 Å². The number of nitrogens with zero attached hydrogens (tertiary/aromatic N) is 2. The van der Waals surface area contributed by atoms with Gasteiger partial charge in [0.2, 0.25) is 5.88 Å². The molecule has 1 unspecified atom stereocenters. The Morgan fingerprint density at radius 2 is 2.00 bits per heavy atom. The summed E-state index contributed by atoms with van der Waals surface area (Å²) in [4.78, 5) is 17.7. The van der Waals surface area contributed by atoms with Crippen LogP contribution < -0.4 is 9.47 Å². The third-order valence-electron chi connectivity index (χ3n) is 7.67. The Kier molecular flexibility index (Phi) is 7.63. The number of aliphatic hydroxyl groups is 1. The van der Waals surface area contributed by atoms with E-state index in [4.69, 9.17) is 9.47 Å². The second-order valence-electron chi connectivity index (χ2n) is 10.2. The Balaban J connectivity index is 1.48. The molecule has 0 saturated carbocycles. The van der Waals surface area contributed by atoms with Crippen molar-refractivity contribution in [2.24, 2.45) is 5.92 Å². The molecule has 2 N–H and O–H groups in total. The first-order valence-corrected chi connectivity index (χ1v) is 13.1. The number of pyridine rings is 1. The number of carboxylic acid groups (broad SMARTS) is 1. The van der Waals surface area contributed by atoms with E-state index in [1.807, 2.05) is 24.3 Å². The number of aliphatic hydroxyl groups excluding tert-OH is 1. The number of carboxylic acids is 1. The van der Waals surface area contributed by atoms with E-state index in [0.29, 0.717) is 22.8 Å². The average Bonchev–Trinajstić information content (AvgIpc) is 3.45. The predicted molar refractivity (Wildman–Crippen MR) is 141 cm³/mol. The smallest absolute Gasteiger partial charge is 0.309 e. The van der Waals surface area contributed by atoms with Crippen LogP contribution in [0.15, 0.2) is 48.7 Å². The number of methoxy groups -OCH3 is 1. The lowest BCUT2D eigenvalue weighted by molar-refractivity contribution is -0.145. The Morgan fingerprint density at radius 3 is 2.74 bits per heavy atom. The molecule has 200 valence electrons. The monoisotopic (exact) mass is 520 g/mol. The lowest BCUT2D eigenvalue weighted by Gasteiger charge is -2.30. The maximum absolute atomic E-state index is 14.7. The minimum atomic E-state index is -1.13.